The molecule has 0 unspecified atom stereocenters. The van der Waals surface area contributed by atoms with E-state index < -0.39 is 0 Å². The van der Waals surface area contributed by atoms with E-state index in [9.17, 15) is 0 Å². The summed E-state index contributed by atoms with van der Waals surface area (Å²) in [4.78, 5) is 15.7. The third kappa shape index (κ3) is 3.32. The predicted molar refractivity (Wildman–Crippen MR) is 104 cm³/mol. The average Bonchev–Trinajstić information content (AvgIpc) is 2.84. The Labute approximate surface area is 157 Å². The van der Waals surface area contributed by atoms with Crippen LogP contribution in [0.3, 0.4) is 0 Å². The Morgan fingerprint density at radius 3 is 2.42 bits per heavy atom. The van der Waals surface area contributed by atoms with Crippen LogP contribution in [0, 0.1) is 0 Å². The van der Waals surface area contributed by atoms with Crippen molar-refractivity contribution < 1.29 is 0 Å². The molecule has 7 nitrogen and oxygen atoms in total. The van der Waals surface area contributed by atoms with E-state index in [1.807, 2.05) is 18.2 Å². The molecular formula is C18H22ClN7. The topological polar surface area (TPSA) is 84.9 Å². The first-order valence-electron chi connectivity index (χ1n) is 8.95. The summed E-state index contributed by atoms with van der Waals surface area (Å²) in [6.07, 6.45) is 4.86. The lowest BCUT2D eigenvalue weighted by Crippen LogP contribution is -2.27. The van der Waals surface area contributed by atoms with E-state index >= 15 is 0 Å². The van der Waals surface area contributed by atoms with Gasteiger partial charge in [0.15, 0.2) is 11.5 Å². The summed E-state index contributed by atoms with van der Waals surface area (Å²) in [6, 6.07) is 10.3. The summed E-state index contributed by atoms with van der Waals surface area (Å²) in [5, 5.41) is 0.136. The molecule has 26 heavy (non-hydrogen) atoms. The highest BCUT2D eigenvalue weighted by Crippen LogP contribution is 2.29. The second-order valence-corrected chi connectivity index (χ2v) is 6.88. The largest absolute Gasteiger partial charge is 0.342 e. The predicted octanol–water partition coefficient (Wildman–Crippen LogP) is 3.19. The van der Waals surface area contributed by atoms with Gasteiger partial charge in [0.25, 0.3) is 0 Å². The van der Waals surface area contributed by atoms with Crippen LogP contribution < -0.4 is 16.2 Å². The van der Waals surface area contributed by atoms with Crippen LogP contribution in [0.1, 0.15) is 31.2 Å². The number of rotatable bonds is 4. The van der Waals surface area contributed by atoms with Gasteiger partial charge in [-0.25, -0.2) is 5.84 Å². The number of hydrogen-bond acceptors (Lipinski definition) is 6. The fraction of sp³-hybridized carbons (Fsp3) is 0.389. The van der Waals surface area contributed by atoms with Crippen molar-refractivity contribution in [3.8, 4) is 0 Å². The second-order valence-electron chi connectivity index (χ2n) is 6.54. The molecule has 136 valence electrons. The smallest absolute Gasteiger partial charge is 0.226 e. The van der Waals surface area contributed by atoms with E-state index in [1.54, 1.807) is 0 Å². The molecule has 3 heterocycles. The minimum absolute atomic E-state index is 0.136. The molecule has 1 fully saturated rings. The molecule has 1 aromatic carbocycles. The molecule has 0 amide bonds. The van der Waals surface area contributed by atoms with Gasteiger partial charge in [-0.05, 0) is 30.0 Å². The lowest BCUT2D eigenvalue weighted by Gasteiger charge is -2.23. The second kappa shape index (κ2) is 7.47. The number of hydrazine groups is 1. The maximum atomic E-state index is 6.06. The summed E-state index contributed by atoms with van der Waals surface area (Å²) in [5.74, 6) is 7.10. The molecule has 0 bridgehead atoms. The van der Waals surface area contributed by atoms with Gasteiger partial charge in [-0.3, -0.25) is 0 Å². The summed E-state index contributed by atoms with van der Waals surface area (Å²) in [6.45, 7) is 2.65. The number of nitrogen functional groups attached to an aromatic ring is 1. The molecule has 1 aliphatic heterocycles. The van der Waals surface area contributed by atoms with Crippen LogP contribution in [0.15, 0.2) is 30.3 Å². The highest BCUT2D eigenvalue weighted by Gasteiger charge is 2.22. The lowest BCUT2D eigenvalue weighted by atomic mass is 10.2. The summed E-state index contributed by atoms with van der Waals surface area (Å²) in [5.41, 5.74) is 5.17. The van der Waals surface area contributed by atoms with Crippen LogP contribution in [-0.2, 0) is 6.54 Å². The molecular weight excluding hydrogens is 350 g/mol. The van der Waals surface area contributed by atoms with Gasteiger partial charge in [0, 0.05) is 13.1 Å². The monoisotopic (exact) mass is 371 g/mol. The zero-order valence-electron chi connectivity index (χ0n) is 14.5. The van der Waals surface area contributed by atoms with E-state index in [4.69, 9.17) is 22.4 Å². The number of nitrogens with two attached hydrogens (primary N) is 1. The fourth-order valence-electron chi connectivity index (χ4n) is 3.53. The Balaban J connectivity index is 1.87. The quantitative estimate of drug-likeness (QED) is 0.416. The summed E-state index contributed by atoms with van der Waals surface area (Å²) >= 11 is 6.06. The summed E-state index contributed by atoms with van der Waals surface area (Å²) in [7, 11) is 0. The van der Waals surface area contributed by atoms with Crippen LogP contribution in [0.5, 0.6) is 0 Å². The fourth-order valence-corrected chi connectivity index (χ4v) is 3.69. The summed E-state index contributed by atoms with van der Waals surface area (Å²) < 4.78 is 2.14. The number of benzene rings is 1. The molecule has 0 atom stereocenters. The van der Waals surface area contributed by atoms with Crippen molar-refractivity contribution in [1.82, 2.24) is 19.5 Å². The third-order valence-corrected chi connectivity index (χ3v) is 4.93. The van der Waals surface area contributed by atoms with E-state index in [2.05, 4.69) is 37.0 Å². The number of halogens is 1. The van der Waals surface area contributed by atoms with Crippen molar-refractivity contribution in [1.29, 1.82) is 0 Å². The number of fused-ring (bicyclic) bond motifs is 1. The highest BCUT2D eigenvalue weighted by molar-refractivity contribution is 6.28. The van der Waals surface area contributed by atoms with Crippen LogP contribution >= 0.6 is 11.6 Å². The molecule has 0 radical (unpaired) electrons. The van der Waals surface area contributed by atoms with Crippen molar-refractivity contribution >= 4 is 34.5 Å². The Hall–Kier alpha value is -2.38. The molecule has 2 aromatic heterocycles. The van der Waals surface area contributed by atoms with Gasteiger partial charge in [0.2, 0.25) is 11.2 Å². The van der Waals surface area contributed by atoms with E-state index in [1.165, 1.54) is 31.2 Å². The number of hydrogen-bond donors (Lipinski definition) is 2. The minimum Gasteiger partial charge on any atom is -0.342 e. The first kappa shape index (κ1) is 17.1. The maximum Gasteiger partial charge on any atom is 0.226 e. The molecule has 0 spiro atoms. The van der Waals surface area contributed by atoms with Gasteiger partial charge < -0.3 is 14.9 Å². The average molecular weight is 372 g/mol. The minimum atomic E-state index is 0.136. The van der Waals surface area contributed by atoms with Crippen molar-refractivity contribution in [2.24, 2.45) is 5.84 Å². The SMILES string of the molecule is NNc1nc(Cl)nc2nc(N3CCCCCC3)n(Cc3ccccc3)c12. The first-order valence-corrected chi connectivity index (χ1v) is 9.33. The van der Waals surface area contributed by atoms with Crippen molar-refractivity contribution in [2.75, 3.05) is 23.4 Å². The Morgan fingerprint density at radius 1 is 1.00 bits per heavy atom. The highest BCUT2D eigenvalue weighted by atomic mass is 35.5. The number of nitrogens with zero attached hydrogens (tertiary/aromatic N) is 5. The Kier molecular flexibility index (Phi) is 4.90. The molecule has 3 N–H and O–H groups in total. The molecule has 8 heteroatoms. The molecule has 4 rings (SSSR count). The van der Waals surface area contributed by atoms with Crippen molar-refractivity contribution in [2.45, 2.75) is 32.2 Å². The van der Waals surface area contributed by atoms with Crippen molar-refractivity contribution in [3.63, 3.8) is 0 Å². The number of aromatic nitrogens is 4. The zero-order valence-corrected chi connectivity index (χ0v) is 15.3. The molecule has 3 aromatic rings. The van der Waals surface area contributed by atoms with Gasteiger partial charge in [-0.1, -0.05) is 43.2 Å². The lowest BCUT2D eigenvalue weighted by molar-refractivity contribution is 0.716. The van der Waals surface area contributed by atoms with E-state index in [0.29, 0.717) is 18.0 Å². The van der Waals surface area contributed by atoms with E-state index in [-0.39, 0.29) is 5.28 Å². The van der Waals surface area contributed by atoms with Gasteiger partial charge >= 0.3 is 0 Å². The Morgan fingerprint density at radius 2 is 1.73 bits per heavy atom. The molecule has 1 aliphatic rings. The van der Waals surface area contributed by atoms with Crippen LogP contribution in [0.2, 0.25) is 5.28 Å². The zero-order chi connectivity index (χ0) is 17.9. The molecule has 1 saturated heterocycles. The molecule has 0 aliphatic carbocycles. The number of anilines is 2. The van der Waals surface area contributed by atoms with Crippen LogP contribution in [0.25, 0.3) is 11.2 Å². The number of nitrogens with one attached hydrogen (secondary N) is 1. The van der Waals surface area contributed by atoms with Crippen LogP contribution in [0.4, 0.5) is 11.8 Å². The normalized spacial score (nSPS) is 15.2. The van der Waals surface area contributed by atoms with E-state index in [0.717, 1.165) is 24.6 Å². The van der Waals surface area contributed by atoms with Gasteiger partial charge in [-0.2, -0.15) is 15.0 Å². The standard InChI is InChI=1S/C18H22ClN7/c19-17-21-15-14(16(22-17)24-20)26(12-13-8-4-3-5-9-13)18(23-15)25-10-6-1-2-7-11-25/h3-5,8-9H,1-2,6-7,10-12,20H2,(H,21,22,24). The van der Waals surface area contributed by atoms with Crippen molar-refractivity contribution in [3.05, 3.63) is 41.2 Å². The van der Waals surface area contributed by atoms with Gasteiger partial charge in [0.1, 0.15) is 5.52 Å². The van der Waals surface area contributed by atoms with Gasteiger partial charge in [-0.15, -0.1) is 0 Å². The van der Waals surface area contributed by atoms with Crippen LogP contribution in [-0.4, -0.2) is 32.6 Å². The van der Waals surface area contributed by atoms with Gasteiger partial charge in [0.05, 0.1) is 6.54 Å². The number of imidazole rings is 1. The third-order valence-electron chi connectivity index (χ3n) is 4.76. The molecule has 0 saturated carbocycles. The maximum absolute atomic E-state index is 6.06. The first-order chi connectivity index (χ1) is 12.8. The Bertz CT molecular complexity index is 885.